The van der Waals surface area contributed by atoms with Gasteiger partial charge < -0.3 is 19.1 Å². The van der Waals surface area contributed by atoms with Gasteiger partial charge in [0.15, 0.2) is 11.5 Å². The average molecular weight is 391 g/mol. The number of hydrogen-bond acceptors (Lipinski definition) is 5. The molecule has 1 aromatic heterocycles. The molecule has 27 heavy (non-hydrogen) atoms. The summed E-state index contributed by atoms with van der Waals surface area (Å²) in [6.07, 6.45) is 5.16. The fraction of sp³-hybridized carbons (Fsp3) is 0.400. The van der Waals surface area contributed by atoms with E-state index in [1.807, 2.05) is 23.1 Å². The van der Waals surface area contributed by atoms with Gasteiger partial charge in [0.1, 0.15) is 16.9 Å². The van der Waals surface area contributed by atoms with Gasteiger partial charge in [0.2, 0.25) is 5.91 Å². The summed E-state index contributed by atoms with van der Waals surface area (Å²) in [5.74, 6) is 2.02. The first kappa shape index (κ1) is 19.3. The Morgan fingerprint density at radius 1 is 1.15 bits per heavy atom. The molecule has 0 spiro atoms. The van der Waals surface area contributed by atoms with Crippen molar-refractivity contribution < 1.29 is 19.0 Å². The third-order valence-corrected chi connectivity index (χ3v) is 4.91. The van der Waals surface area contributed by atoms with E-state index in [-0.39, 0.29) is 12.0 Å². The zero-order valence-electron chi connectivity index (χ0n) is 15.5. The molecule has 2 aromatic rings. The van der Waals surface area contributed by atoms with Crippen molar-refractivity contribution in [3.05, 3.63) is 47.2 Å². The topological polar surface area (TPSA) is 60.9 Å². The highest BCUT2D eigenvalue weighted by Crippen LogP contribution is 2.28. The predicted octanol–water partition coefficient (Wildman–Crippen LogP) is 3.36. The summed E-state index contributed by atoms with van der Waals surface area (Å²) >= 11 is 6.09. The second kappa shape index (κ2) is 8.95. The number of likely N-dealkylation sites (tertiary alicyclic amines) is 1. The van der Waals surface area contributed by atoms with Crippen molar-refractivity contribution in [2.45, 2.75) is 25.4 Å². The van der Waals surface area contributed by atoms with Gasteiger partial charge in [-0.15, -0.1) is 0 Å². The standard InChI is InChI=1S/C20H23ClN2O4/c1-25-18-4-3-14(11-19(18)26-2)12-20(24)23-9-6-15(7-10-23)27-17-5-8-22-13-16(17)21/h3-5,8,11,13,15H,6-7,9-10,12H2,1-2H3. The van der Waals surface area contributed by atoms with Crippen LogP contribution in [0.1, 0.15) is 18.4 Å². The highest BCUT2D eigenvalue weighted by molar-refractivity contribution is 6.31. The van der Waals surface area contributed by atoms with Gasteiger partial charge in [0, 0.05) is 44.4 Å². The van der Waals surface area contributed by atoms with Gasteiger partial charge >= 0.3 is 0 Å². The number of carbonyl (C=O) groups excluding carboxylic acids is 1. The minimum absolute atomic E-state index is 0.0510. The summed E-state index contributed by atoms with van der Waals surface area (Å²) in [5, 5.41) is 0.504. The number of methoxy groups -OCH3 is 2. The molecule has 7 heteroatoms. The zero-order valence-corrected chi connectivity index (χ0v) is 16.2. The van der Waals surface area contributed by atoms with Gasteiger partial charge in [-0.2, -0.15) is 0 Å². The molecule has 3 rings (SSSR count). The van der Waals surface area contributed by atoms with Crippen molar-refractivity contribution in [3.63, 3.8) is 0 Å². The van der Waals surface area contributed by atoms with Crippen molar-refractivity contribution in [2.24, 2.45) is 0 Å². The van der Waals surface area contributed by atoms with Gasteiger partial charge in [-0.3, -0.25) is 9.78 Å². The molecule has 0 radical (unpaired) electrons. The SMILES string of the molecule is COc1ccc(CC(=O)N2CCC(Oc3ccncc3Cl)CC2)cc1OC. The molecule has 0 bridgehead atoms. The summed E-state index contributed by atoms with van der Waals surface area (Å²) in [6.45, 7) is 1.33. The van der Waals surface area contributed by atoms with Crippen LogP contribution in [0.4, 0.5) is 0 Å². The van der Waals surface area contributed by atoms with Crippen molar-refractivity contribution in [3.8, 4) is 17.2 Å². The van der Waals surface area contributed by atoms with E-state index in [0.29, 0.717) is 41.8 Å². The number of piperidine rings is 1. The summed E-state index contributed by atoms with van der Waals surface area (Å²) in [6, 6.07) is 7.31. The normalized spacial score (nSPS) is 14.7. The van der Waals surface area contributed by atoms with Crippen LogP contribution in [-0.4, -0.2) is 49.2 Å². The van der Waals surface area contributed by atoms with E-state index in [4.69, 9.17) is 25.8 Å². The number of benzene rings is 1. The Kier molecular flexibility index (Phi) is 6.40. The van der Waals surface area contributed by atoms with Gasteiger partial charge in [-0.25, -0.2) is 0 Å². The maximum atomic E-state index is 12.6. The first-order valence-electron chi connectivity index (χ1n) is 8.85. The summed E-state index contributed by atoms with van der Waals surface area (Å²) in [5.41, 5.74) is 0.902. The van der Waals surface area contributed by atoms with E-state index < -0.39 is 0 Å². The molecule has 1 amide bonds. The molecule has 1 aliphatic rings. The van der Waals surface area contributed by atoms with Crippen LogP contribution in [0, 0.1) is 0 Å². The first-order chi connectivity index (χ1) is 13.1. The highest BCUT2D eigenvalue weighted by atomic mass is 35.5. The third kappa shape index (κ3) is 4.83. The van der Waals surface area contributed by atoms with E-state index in [2.05, 4.69) is 4.98 Å². The lowest BCUT2D eigenvalue weighted by Crippen LogP contribution is -2.42. The number of carbonyl (C=O) groups is 1. The number of nitrogens with zero attached hydrogens (tertiary/aromatic N) is 2. The summed E-state index contributed by atoms with van der Waals surface area (Å²) < 4.78 is 16.5. The molecular weight excluding hydrogens is 368 g/mol. The number of rotatable bonds is 6. The van der Waals surface area contributed by atoms with Crippen LogP contribution in [0.5, 0.6) is 17.2 Å². The van der Waals surface area contributed by atoms with E-state index in [1.54, 1.807) is 32.7 Å². The number of pyridine rings is 1. The maximum absolute atomic E-state index is 12.6. The zero-order chi connectivity index (χ0) is 19.2. The molecular formula is C20H23ClN2O4. The molecule has 1 fully saturated rings. The second-order valence-corrected chi connectivity index (χ2v) is 6.78. The lowest BCUT2D eigenvalue weighted by Gasteiger charge is -2.32. The van der Waals surface area contributed by atoms with Gasteiger partial charge in [-0.05, 0) is 17.7 Å². The van der Waals surface area contributed by atoms with E-state index in [0.717, 1.165) is 18.4 Å². The van der Waals surface area contributed by atoms with Gasteiger partial charge in [0.05, 0.1) is 20.6 Å². The van der Waals surface area contributed by atoms with E-state index in [9.17, 15) is 4.79 Å². The number of halogens is 1. The average Bonchev–Trinajstić information content (AvgIpc) is 2.70. The number of ether oxygens (including phenoxy) is 3. The third-order valence-electron chi connectivity index (χ3n) is 4.63. The lowest BCUT2D eigenvalue weighted by atomic mass is 10.1. The number of amides is 1. The molecule has 1 aromatic carbocycles. The van der Waals surface area contributed by atoms with Crippen LogP contribution in [0.25, 0.3) is 0 Å². The monoisotopic (exact) mass is 390 g/mol. The number of hydrogen-bond donors (Lipinski definition) is 0. The molecule has 0 aliphatic carbocycles. The Morgan fingerprint density at radius 3 is 2.56 bits per heavy atom. The smallest absolute Gasteiger partial charge is 0.226 e. The van der Waals surface area contributed by atoms with Crippen LogP contribution < -0.4 is 14.2 Å². The Labute approximate surface area is 164 Å². The molecule has 144 valence electrons. The van der Waals surface area contributed by atoms with E-state index >= 15 is 0 Å². The van der Waals surface area contributed by atoms with Crippen molar-refractivity contribution >= 4 is 17.5 Å². The Hall–Kier alpha value is -2.47. The van der Waals surface area contributed by atoms with Crippen molar-refractivity contribution in [1.82, 2.24) is 9.88 Å². The van der Waals surface area contributed by atoms with Gasteiger partial charge in [-0.1, -0.05) is 17.7 Å². The highest BCUT2D eigenvalue weighted by Gasteiger charge is 2.24. The Balaban J connectivity index is 1.53. The fourth-order valence-electron chi connectivity index (χ4n) is 3.14. The lowest BCUT2D eigenvalue weighted by molar-refractivity contribution is -0.132. The molecule has 0 N–H and O–H groups in total. The Bertz CT molecular complexity index is 791. The summed E-state index contributed by atoms with van der Waals surface area (Å²) in [4.78, 5) is 18.5. The van der Waals surface area contributed by atoms with Crippen molar-refractivity contribution in [2.75, 3.05) is 27.3 Å². The molecule has 0 unspecified atom stereocenters. The fourth-order valence-corrected chi connectivity index (χ4v) is 3.30. The molecule has 2 heterocycles. The van der Waals surface area contributed by atoms with Gasteiger partial charge in [0.25, 0.3) is 0 Å². The second-order valence-electron chi connectivity index (χ2n) is 6.37. The molecule has 6 nitrogen and oxygen atoms in total. The van der Waals surface area contributed by atoms with Crippen LogP contribution >= 0.6 is 11.6 Å². The summed E-state index contributed by atoms with van der Waals surface area (Å²) in [7, 11) is 3.18. The van der Waals surface area contributed by atoms with E-state index in [1.165, 1.54) is 0 Å². The maximum Gasteiger partial charge on any atom is 0.226 e. The molecule has 0 saturated carbocycles. The molecule has 1 aliphatic heterocycles. The quantitative estimate of drug-likeness (QED) is 0.756. The van der Waals surface area contributed by atoms with Crippen LogP contribution in [0.15, 0.2) is 36.7 Å². The van der Waals surface area contributed by atoms with Crippen LogP contribution in [0.2, 0.25) is 5.02 Å². The van der Waals surface area contributed by atoms with Crippen LogP contribution in [0.3, 0.4) is 0 Å². The molecule has 1 saturated heterocycles. The van der Waals surface area contributed by atoms with Crippen molar-refractivity contribution in [1.29, 1.82) is 0 Å². The largest absolute Gasteiger partial charge is 0.493 e. The van der Waals surface area contributed by atoms with Crippen LogP contribution in [-0.2, 0) is 11.2 Å². The predicted molar refractivity (Wildman–Crippen MR) is 103 cm³/mol. The first-order valence-corrected chi connectivity index (χ1v) is 9.23. The minimum Gasteiger partial charge on any atom is -0.493 e. The molecule has 0 atom stereocenters. The Morgan fingerprint density at radius 2 is 1.89 bits per heavy atom. The minimum atomic E-state index is 0.0510. The number of aromatic nitrogens is 1.